The van der Waals surface area contributed by atoms with Crippen molar-refractivity contribution >= 4 is 5.91 Å². The maximum atomic E-state index is 12.3. The number of hydrogen-bond acceptors (Lipinski definition) is 2. The van der Waals surface area contributed by atoms with Crippen LogP contribution in [0, 0.1) is 11.8 Å². The first-order valence-electron chi connectivity index (χ1n) is 6.63. The van der Waals surface area contributed by atoms with E-state index >= 15 is 0 Å². The first-order chi connectivity index (χ1) is 7.54. The van der Waals surface area contributed by atoms with Crippen molar-refractivity contribution in [3.63, 3.8) is 0 Å². The standard InChI is InChI=1S/C13H24N2O/c1-3-7-13(2,14)12(16)15-8-10-5-4-6-11(10)9-15/h10-11H,3-9,14H2,1-2H3. The molecule has 2 fully saturated rings. The van der Waals surface area contributed by atoms with Gasteiger partial charge in [-0.05, 0) is 38.0 Å². The minimum atomic E-state index is -0.645. The summed E-state index contributed by atoms with van der Waals surface area (Å²) in [7, 11) is 0. The van der Waals surface area contributed by atoms with Gasteiger partial charge in [0.05, 0.1) is 5.54 Å². The van der Waals surface area contributed by atoms with Crippen molar-refractivity contribution in [1.29, 1.82) is 0 Å². The van der Waals surface area contributed by atoms with Crippen molar-refractivity contribution in [1.82, 2.24) is 4.90 Å². The van der Waals surface area contributed by atoms with Crippen LogP contribution in [0.4, 0.5) is 0 Å². The Balaban J connectivity index is 1.96. The number of hydrogen-bond donors (Lipinski definition) is 1. The number of carbonyl (C=O) groups excluding carboxylic acids is 1. The molecule has 0 bridgehead atoms. The van der Waals surface area contributed by atoms with Crippen molar-refractivity contribution in [3.8, 4) is 0 Å². The molecule has 92 valence electrons. The number of likely N-dealkylation sites (tertiary alicyclic amines) is 1. The van der Waals surface area contributed by atoms with Crippen LogP contribution < -0.4 is 5.73 Å². The third kappa shape index (κ3) is 2.10. The second-order valence-corrected chi connectivity index (χ2v) is 5.83. The average Bonchev–Trinajstić information content (AvgIpc) is 2.75. The highest BCUT2D eigenvalue weighted by Gasteiger charge is 2.41. The van der Waals surface area contributed by atoms with E-state index in [4.69, 9.17) is 5.73 Å². The third-order valence-electron chi connectivity index (χ3n) is 4.27. The zero-order chi connectivity index (χ0) is 11.8. The summed E-state index contributed by atoms with van der Waals surface area (Å²) in [5, 5.41) is 0. The van der Waals surface area contributed by atoms with Crippen LogP contribution in [-0.4, -0.2) is 29.4 Å². The van der Waals surface area contributed by atoms with Crippen LogP contribution in [-0.2, 0) is 4.79 Å². The molecule has 0 radical (unpaired) electrons. The summed E-state index contributed by atoms with van der Waals surface area (Å²) in [6, 6.07) is 0. The molecule has 0 aromatic heterocycles. The second-order valence-electron chi connectivity index (χ2n) is 5.83. The Bertz CT molecular complexity index is 263. The largest absolute Gasteiger partial charge is 0.341 e. The van der Waals surface area contributed by atoms with Gasteiger partial charge >= 0.3 is 0 Å². The van der Waals surface area contributed by atoms with Gasteiger partial charge in [0, 0.05) is 13.1 Å². The van der Waals surface area contributed by atoms with Crippen molar-refractivity contribution in [2.45, 2.75) is 51.5 Å². The Hall–Kier alpha value is -0.570. The quantitative estimate of drug-likeness (QED) is 0.794. The minimum Gasteiger partial charge on any atom is -0.341 e. The van der Waals surface area contributed by atoms with Crippen LogP contribution in [0.2, 0.25) is 0 Å². The lowest BCUT2D eigenvalue weighted by Gasteiger charge is -2.29. The van der Waals surface area contributed by atoms with Gasteiger partial charge in [0.15, 0.2) is 0 Å². The molecule has 3 unspecified atom stereocenters. The highest BCUT2D eigenvalue weighted by Crippen LogP contribution is 2.38. The fourth-order valence-electron chi connectivity index (χ4n) is 3.39. The average molecular weight is 224 g/mol. The first kappa shape index (κ1) is 11.9. The van der Waals surface area contributed by atoms with Crippen LogP contribution in [0.25, 0.3) is 0 Å². The normalized spacial score (nSPS) is 32.6. The molecule has 1 aliphatic heterocycles. The summed E-state index contributed by atoms with van der Waals surface area (Å²) in [4.78, 5) is 14.3. The smallest absolute Gasteiger partial charge is 0.242 e. The van der Waals surface area contributed by atoms with E-state index in [1.165, 1.54) is 19.3 Å². The van der Waals surface area contributed by atoms with E-state index in [0.717, 1.165) is 37.8 Å². The minimum absolute atomic E-state index is 0.170. The van der Waals surface area contributed by atoms with E-state index in [0.29, 0.717) is 0 Å². The molecule has 1 amide bonds. The number of nitrogens with two attached hydrogens (primary N) is 1. The summed E-state index contributed by atoms with van der Waals surface area (Å²) in [6.07, 6.45) is 5.73. The summed E-state index contributed by atoms with van der Waals surface area (Å²) >= 11 is 0. The van der Waals surface area contributed by atoms with Gasteiger partial charge in [0.1, 0.15) is 0 Å². The summed E-state index contributed by atoms with van der Waals surface area (Å²) in [5.41, 5.74) is 5.46. The topological polar surface area (TPSA) is 46.3 Å². The molecule has 3 heteroatoms. The van der Waals surface area contributed by atoms with Gasteiger partial charge in [-0.3, -0.25) is 4.79 Å². The monoisotopic (exact) mass is 224 g/mol. The molecule has 3 nitrogen and oxygen atoms in total. The molecule has 16 heavy (non-hydrogen) atoms. The third-order valence-corrected chi connectivity index (χ3v) is 4.27. The Kier molecular flexibility index (Phi) is 3.24. The van der Waals surface area contributed by atoms with Crippen molar-refractivity contribution in [2.24, 2.45) is 17.6 Å². The number of rotatable bonds is 3. The van der Waals surface area contributed by atoms with Gasteiger partial charge in [-0.15, -0.1) is 0 Å². The van der Waals surface area contributed by atoms with Gasteiger partial charge in [-0.25, -0.2) is 0 Å². The highest BCUT2D eigenvalue weighted by molar-refractivity contribution is 5.85. The van der Waals surface area contributed by atoms with E-state index in [9.17, 15) is 4.79 Å². The predicted molar refractivity (Wildman–Crippen MR) is 64.9 cm³/mol. The van der Waals surface area contributed by atoms with E-state index in [-0.39, 0.29) is 5.91 Å². The SMILES string of the molecule is CCCC(C)(N)C(=O)N1CC2CCCC2C1. The van der Waals surface area contributed by atoms with Gasteiger partial charge in [-0.1, -0.05) is 19.8 Å². The predicted octanol–water partition coefficient (Wildman–Crippen LogP) is 1.76. The lowest BCUT2D eigenvalue weighted by molar-refractivity contribution is -0.135. The van der Waals surface area contributed by atoms with Gasteiger partial charge < -0.3 is 10.6 Å². The molecule has 1 aliphatic carbocycles. The Labute approximate surface area is 98.4 Å². The summed E-state index contributed by atoms with van der Waals surface area (Å²) in [6.45, 7) is 5.88. The van der Waals surface area contributed by atoms with E-state index < -0.39 is 5.54 Å². The molecule has 1 heterocycles. The first-order valence-corrected chi connectivity index (χ1v) is 6.63. The fourth-order valence-corrected chi connectivity index (χ4v) is 3.39. The Morgan fingerprint density at radius 3 is 2.44 bits per heavy atom. The molecule has 1 saturated heterocycles. The van der Waals surface area contributed by atoms with Crippen molar-refractivity contribution in [3.05, 3.63) is 0 Å². The van der Waals surface area contributed by atoms with E-state index in [1.54, 1.807) is 0 Å². The maximum Gasteiger partial charge on any atom is 0.242 e. The molecular formula is C13H24N2O. The van der Waals surface area contributed by atoms with Crippen molar-refractivity contribution in [2.75, 3.05) is 13.1 Å². The molecule has 0 aromatic rings. The molecule has 0 aromatic carbocycles. The molecule has 1 saturated carbocycles. The molecule has 3 atom stereocenters. The number of fused-ring (bicyclic) bond motifs is 1. The summed E-state index contributed by atoms with van der Waals surface area (Å²) < 4.78 is 0. The number of nitrogens with zero attached hydrogens (tertiary/aromatic N) is 1. The Morgan fingerprint density at radius 1 is 1.38 bits per heavy atom. The zero-order valence-electron chi connectivity index (χ0n) is 10.5. The Morgan fingerprint density at radius 2 is 1.94 bits per heavy atom. The lowest BCUT2D eigenvalue weighted by atomic mass is 9.96. The molecule has 2 rings (SSSR count). The van der Waals surface area contributed by atoms with Gasteiger partial charge in [-0.2, -0.15) is 0 Å². The fraction of sp³-hybridized carbons (Fsp3) is 0.923. The maximum absolute atomic E-state index is 12.3. The molecule has 2 N–H and O–H groups in total. The van der Waals surface area contributed by atoms with Crippen LogP contribution in [0.5, 0.6) is 0 Å². The van der Waals surface area contributed by atoms with Crippen molar-refractivity contribution < 1.29 is 4.79 Å². The van der Waals surface area contributed by atoms with E-state index in [2.05, 4.69) is 6.92 Å². The highest BCUT2D eigenvalue weighted by atomic mass is 16.2. The second kappa shape index (κ2) is 4.36. The van der Waals surface area contributed by atoms with Crippen LogP contribution in [0.15, 0.2) is 0 Å². The lowest BCUT2D eigenvalue weighted by Crippen LogP contribution is -2.52. The molecule has 2 aliphatic rings. The zero-order valence-corrected chi connectivity index (χ0v) is 10.5. The van der Waals surface area contributed by atoms with Crippen LogP contribution >= 0.6 is 0 Å². The number of carbonyl (C=O) groups is 1. The summed E-state index contributed by atoms with van der Waals surface area (Å²) in [5.74, 6) is 1.70. The van der Waals surface area contributed by atoms with E-state index in [1.807, 2.05) is 11.8 Å². The molecule has 0 spiro atoms. The van der Waals surface area contributed by atoms with Gasteiger partial charge in [0.25, 0.3) is 0 Å². The van der Waals surface area contributed by atoms with Gasteiger partial charge in [0.2, 0.25) is 5.91 Å². The molecular weight excluding hydrogens is 200 g/mol. The number of amides is 1. The van der Waals surface area contributed by atoms with Crippen LogP contribution in [0.1, 0.15) is 46.0 Å². The van der Waals surface area contributed by atoms with Crippen LogP contribution in [0.3, 0.4) is 0 Å².